The van der Waals surface area contributed by atoms with Crippen LogP contribution in [0, 0.1) is 5.82 Å². The van der Waals surface area contributed by atoms with Crippen LogP contribution in [0.1, 0.15) is 6.92 Å². The molecular weight excluding hydrogens is 161 g/mol. The van der Waals surface area contributed by atoms with E-state index in [1.54, 1.807) is 0 Å². The molecule has 0 fully saturated rings. The summed E-state index contributed by atoms with van der Waals surface area (Å²) in [5.74, 6) is -1.10. The second-order valence-corrected chi connectivity index (χ2v) is 2.38. The Kier molecular flexibility index (Phi) is 2.28. The van der Waals surface area contributed by atoms with Crippen LogP contribution in [0.5, 0.6) is 5.75 Å². The number of aromatic hydroxyl groups is 1. The maximum atomic E-state index is 12.6. The lowest BCUT2D eigenvalue weighted by molar-refractivity contribution is -0.114. The maximum Gasteiger partial charge on any atom is 0.221 e. The molecule has 4 heteroatoms. The van der Waals surface area contributed by atoms with E-state index >= 15 is 0 Å². The molecule has 1 amide bonds. The van der Waals surface area contributed by atoms with Crippen molar-refractivity contribution in [2.45, 2.75) is 6.92 Å². The molecule has 0 aliphatic heterocycles. The van der Waals surface area contributed by atoms with Crippen LogP contribution in [0.2, 0.25) is 0 Å². The predicted molar refractivity (Wildman–Crippen MR) is 42.4 cm³/mol. The fourth-order valence-corrected chi connectivity index (χ4v) is 0.850. The molecule has 1 aromatic carbocycles. The average molecular weight is 169 g/mol. The first kappa shape index (κ1) is 8.52. The molecule has 0 atom stereocenters. The molecule has 0 spiro atoms. The lowest BCUT2D eigenvalue weighted by atomic mass is 10.3. The first-order valence-electron chi connectivity index (χ1n) is 3.35. The summed E-state index contributed by atoms with van der Waals surface area (Å²) in [5.41, 5.74) is 0.250. The molecule has 64 valence electrons. The zero-order chi connectivity index (χ0) is 9.14. The van der Waals surface area contributed by atoms with Crippen LogP contribution in [0.25, 0.3) is 0 Å². The highest BCUT2D eigenvalue weighted by atomic mass is 19.1. The number of phenolic OH excluding ortho intramolecular Hbond substituents is 1. The van der Waals surface area contributed by atoms with E-state index in [1.165, 1.54) is 13.0 Å². The van der Waals surface area contributed by atoms with Gasteiger partial charge >= 0.3 is 0 Å². The highest BCUT2D eigenvalue weighted by Gasteiger charge is 2.00. The van der Waals surface area contributed by atoms with Gasteiger partial charge in [-0.1, -0.05) is 0 Å². The number of anilines is 1. The van der Waals surface area contributed by atoms with Crippen molar-refractivity contribution in [1.82, 2.24) is 0 Å². The smallest absolute Gasteiger partial charge is 0.221 e. The third-order valence-corrected chi connectivity index (χ3v) is 1.20. The third kappa shape index (κ3) is 2.23. The Hall–Kier alpha value is -1.58. The summed E-state index contributed by atoms with van der Waals surface area (Å²) in [6, 6.07) is 3.36. The van der Waals surface area contributed by atoms with Crippen LogP contribution in [0.3, 0.4) is 0 Å². The first-order valence-corrected chi connectivity index (χ1v) is 3.35. The van der Waals surface area contributed by atoms with Gasteiger partial charge in [-0.05, 0) is 6.07 Å². The minimum Gasteiger partial charge on any atom is -0.508 e. The van der Waals surface area contributed by atoms with Crippen LogP contribution in [0.15, 0.2) is 18.2 Å². The first-order chi connectivity index (χ1) is 5.58. The van der Waals surface area contributed by atoms with Gasteiger partial charge < -0.3 is 10.4 Å². The van der Waals surface area contributed by atoms with E-state index < -0.39 is 5.82 Å². The average Bonchev–Trinajstić information content (AvgIpc) is 1.81. The molecule has 0 aliphatic carbocycles. The van der Waals surface area contributed by atoms with Crippen molar-refractivity contribution in [2.75, 3.05) is 5.32 Å². The van der Waals surface area contributed by atoms with Crippen molar-refractivity contribution in [2.24, 2.45) is 0 Å². The van der Waals surface area contributed by atoms with Crippen molar-refractivity contribution < 1.29 is 14.3 Å². The van der Waals surface area contributed by atoms with Gasteiger partial charge in [0.1, 0.15) is 11.6 Å². The highest BCUT2D eigenvalue weighted by Crippen LogP contribution is 2.18. The molecule has 2 N–H and O–H groups in total. The summed E-state index contributed by atoms with van der Waals surface area (Å²) >= 11 is 0. The lowest BCUT2D eigenvalue weighted by Gasteiger charge is -2.01. The van der Waals surface area contributed by atoms with Gasteiger partial charge in [-0.2, -0.15) is 0 Å². The van der Waals surface area contributed by atoms with Gasteiger partial charge in [0, 0.05) is 24.7 Å². The number of amides is 1. The normalized spacial score (nSPS) is 9.50. The van der Waals surface area contributed by atoms with E-state index in [9.17, 15) is 9.18 Å². The van der Waals surface area contributed by atoms with Gasteiger partial charge in [0.15, 0.2) is 0 Å². The number of nitrogens with one attached hydrogen (secondary N) is 1. The number of carbonyl (C=O) groups excluding carboxylic acids is 1. The van der Waals surface area contributed by atoms with Gasteiger partial charge in [-0.15, -0.1) is 0 Å². The number of halogens is 1. The van der Waals surface area contributed by atoms with Gasteiger partial charge in [-0.3, -0.25) is 4.79 Å². The Morgan fingerprint density at radius 1 is 1.50 bits per heavy atom. The summed E-state index contributed by atoms with van der Waals surface area (Å²) in [4.78, 5) is 10.5. The summed E-state index contributed by atoms with van der Waals surface area (Å²) in [6.07, 6.45) is 0. The summed E-state index contributed by atoms with van der Waals surface area (Å²) in [6.45, 7) is 1.31. The predicted octanol–water partition coefficient (Wildman–Crippen LogP) is 1.49. The van der Waals surface area contributed by atoms with E-state index in [0.29, 0.717) is 0 Å². The molecule has 0 unspecified atom stereocenters. The van der Waals surface area contributed by atoms with Crippen LogP contribution < -0.4 is 5.32 Å². The Labute approximate surface area is 68.8 Å². The van der Waals surface area contributed by atoms with E-state index in [0.717, 1.165) is 12.1 Å². The van der Waals surface area contributed by atoms with E-state index in [4.69, 9.17) is 5.11 Å². The molecule has 0 heterocycles. The summed E-state index contributed by atoms with van der Waals surface area (Å²) in [7, 11) is 0. The summed E-state index contributed by atoms with van der Waals surface area (Å²) in [5, 5.41) is 11.3. The number of carbonyl (C=O) groups is 1. The minimum atomic E-state index is -0.584. The standard InChI is InChI=1S/C8H8FNO2/c1-5(11)10-7-2-6(9)3-8(12)4-7/h2-4,12H,1H3,(H,10,11). The minimum absolute atomic E-state index is 0.209. The van der Waals surface area contributed by atoms with Crippen molar-refractivity contribution in [3.05, 3.63) is 24.0 Å². The topological polar surface area (TPSA) is 49.3 Å². The fourth-order valence-electron chi connectivity index (χ4n) is 0.850. The monoisotopic (exact) mass is 169 g/mol. The quantitative estimate of drug-likeness (QED) is 0.669. The Balaban J connectivity index is 2.93. The Morgan fingerprint density at radius 2 is 2.17 bits per heavy atom. The van der Waals surface area contributed by atoms with Gasteiger partial charge in [0.2, 0.25) is 5.91 Å². The van der Waals surface area contributed by atoms with Crippen LogP contribution in [0.4, 0.5) is 10.1 Å². The van der Waals surface area contributed by atoms with Crippen LogP contribution in [-0.4, -0.2) is 11.0 Å². The molecule has 3 nitrogen and oxygen atoms in total. The summed E-state index contributed by atoms with van der Waals surface area (Å²) < 4.78 is 12.6. The van der Waals surface area contributed by atoms with Crippen molar-refractivity contribution in [3.63, 3.8) is 0 Å². The molecule has 1 aromatic rings. The SMILES string of the molecule is CC(=O)Nc1cc(O)cc(F)c1. The van der Waals surface area contributed by atoms with Gasteiger partial charge in [-0.25, -0.2) is 4.39 Å². The zero-order valence-electron chi connectivity index (χ0n) is 6.47. The molecule has 0 radical (unpaired) electrons. The van der Waals surface area contributed by atoms with E-state index in [1.807, 2.05) is 0 Å². The highest BCUT2D eigenvalue weighted by molar-refractivity contribution is 5.88. The van der Waals surface area contributed by atoms with E-state index in [2.05, 4.69) is 5.32 Å². The Morgan fingerprint density at radius 3 is 2.67 bits per heavy atom. The van der Waals surface area contributed by atoms with Crippen molar-refractivity contribution in [1.29, 1.82) is 0 Å². The van der Waals surface area contributed by atoms with Gasteiger partial charge in [0.25, 0.3) is 0 Å². The third-order valence-electron chi connectivity index (χ3n) is 1.20. The number of benzene rings is 1. The molecule has 0 saturated carbocycles. The number of hydrogen-bond donors (Lipinski definition) is 2. The number of phenols is 1. The molecule has 0 bridgehead atoms. The second kappa shape index (κ2) is 3.21. The molecule has 0 aliphatic rings. The molecular formula is C8H8FNO2. The molecule has 0 aromatic heterocycles. The van der Waals surface area contributed by atoms with Crippen LogP contribution >= 0.6 is 0 Å². The molecule has 1 rings (SSSR count). The number of hydrogen-bond acceptors (Lipinski definition) is 2. The Bertz CT molecular complexity index is 292. The lowest BCUT2D eigenvalue weighted by Crippen LogP contribution is -2.05. The molecule has 12 heavy (non-hydrogen) atoms. The van der Waals surface area contributed by atoms with Crippen molar-refractivity contribution in [3.8, 4) is 5.75 Å². The van der Waals surface area contributed by atoms with E-state index in [-0.39, 0.29) is 17.3 Å². The second-order valence-electron chi connectivity index (χ2n) is 2.38. The maximum absolute atomic E-state index is 12.6. The number of rotatable bonds is 1. The van der Waals surface area contributed by atoms with Gasteiger partial charge in [0.05, 0.1) is 0 Å². The largest absolute Gasteiger partial charge is 0.508 e. The molecule has 0 saturated heterocycles. The van der Waals surface area contributed by atoms with Crippen LogP contribution in [-0.2, 0) is 4.79 Å². The van der Waals surface area contributed by atoms with Crippen molar-refractivity contribution >= 4 is 11.6 Å². The fraction of sp³-hybridized carbons (Fsp3) is 0.125. The zero-order valence-corrected chi connectivity index (χ0v) is 6.47.